The molecule has 1 unspecified atom stereocenters. The molecule has 22 heavy (non-hydrogen) atoms. The molecule has 124 valence electrons. The molecule has 0 saturated carbocycles. The van der Waals surface area contributed by atoms with Gasteiger partial charge in [0, 0.05) is 17.1 Å². The maximum Gasteiger partial charge on any atom is 0.414 e. The standard InChI is InChI=1S/C13H20BrNO.C2H2O4/c1-4-11(3)15-7-8-16-13-6-5-12(14)9-10(13)2;3-1(4)2(5)6/h5-6,9,11,15H,4,7-8H2,1-3H3;(H,3,4)(H,5,6). The van der Waals surface area contributed by atoms with Crippen molar-refractivity contribution >= 4 is 27.9 Å². The van der Waals surface area contributed by atoms with Crippen molar-refractivity contribution in [2.75, 3.05) is 13.2 Å². The van der Waals surface area contributed by atoms with E-state index >= 15 is 0 Å². The highest BCUT2D eigenvalue weighted by molar-refractivity contribution is 9.10. The number of aliphatic carboxylic acids is 2. The zero-order valence-corrected chi connectivity index (χ0v) is 14.5. The largest absolute Gasteiger partial charge is 0.492 e. The summed E-state index contributed by atoms with van der Waals surface area (Å²) < 4.78 is 6.80. The molecule has 0 saturated heterocycles. The van der Waals surface area contributed by atoms with Crippen LogP contribution in [0.4, 0.5) is 0 Å². The van der Waals surface area contributed by atoms with Gasteiger partial charge in [-0.1, -0.05) is 22.9 Å². The highest BCUT2D eigenvalue weighted by Crippen LogP contribution is 2.21. The van der Waals surface area contributed by atoms with E-state index in [0.29, 0.717) is 12.6 Å². The van der Waals surface area contributed by atoms with E-state index in [1.165, 1.54) is 0 Å². The van der Waals surface area contributed by atoms with Gasteiger partial charge in [0.25, 0.3) is 0 Å². The average molecular weight is 376 g/mol. The lowest BCUT2D eigenvalue weighted by molar-refractivity contribution is -0.159. The van der Waals surface area contributed by atoms with Crippen LogP contribution >= 0.6 is 15.9 Å². The Morgan fingerprint density at radius 1 is 1.32 bits per heavy atom. The first kappa shape index (κ1) is 20.4. The monoisotopic (exact) mass is 375 g/mol. The zero-order chi connectivity index (χ0) is 17.1. The smallest absolute Gasteiger partial charge is 0.414 e. The van der Waals surface area contributed by atoms with E-state index in [1.54, 1.807) is 0 Å². The first-order valence-corrected chi connectivity index (χ1v) is 7.65. The lowest BCUT2D eigenvalue weighted by atomic mass is 10.2. The van der Waals surface area contributed by atoms with Crippen molar-refractivity contribution in [1.29, 1.82) is 0 Å². The second kappa shape index (κ2) is 11.0. The highest BCUT2D eigenvalue weighted by Gasteiger charge is 2.04. The number of hydrogen-bond acceptors (Lipinski definition) is 4. The molecule has 0 fully saturated rings. The molecule has 0 aliphatic rings. The second-order valence-corrected chi connectivity index (χ2v) is 5.55. The van der Waals surface area contributed by atoms with Crippen LogP contribution in [0.2, 0.25) is 0 Å². The number of carboxylic acids is 2. The van der Waals surface area contributed by atoms with E-state index in [4.69, 9.17) is 24.5 Å². The molecule has 1 rings (SSSR count). The maximum absolute atomic E-state index is 9.10. The van der Waals surface area contributed by atoms with Crippen LogP contribution in [0.15, 0.2) is 22.7 Å². The Morgan fingerprint density at radius 2 is 1.91 bits per heavy atom. The van der Waals surface area contributed by atoms with Gasteiger partial charge in [0.1, 0.15) is 12.4 Å². The summed E-state index contributed by atoms with van der Waals surface area (Å²) in [6.45, 7) is 8.03. The van der Waals surface area contributed by atoms with Crippen molar-refractivity contribution in [3.8, 4) is 5.75 Å². The number of ether oxygens (including phenoxy) is 1. The van der Waals surface area contributed by atoms with Crippen molar-refractivity contribution in [2.24, 2.45) is 0 Å². The molecular formula is C15H22BrNO5. The number of carbonyl (C=O) groups is 2. The Labute approximate surface area is 138 Å². The normalized spacial score (nSPS) is 11.1. The number of halogens is 1. The Kier molecular flexibility index (Phi) is 10.2. The average Bonchev–Trinajstić information content (AvgIpc) is 2.45. The van der Waals surface area contributed by atoms with Crippen LogP contribution in [0.25, 0.3) is 0 Å². The topological polar surface area (TPSA) is 95.9 Å². The third kappa shape index (κ3) is 9.36. The number of aryl methyl sites for hydroxylation is 1. The summed E-state index contributed by atoms with van der Waals surface area (Å²) in [5.74, 6) is -2.68. The lowest BCUT2D eigenvalue weighted by Gasteiger charge is -2.13. The SMILES string of the molecule is CCC(C)NCCOc1ccc(Br)cc1C.O=C(O)C(=O)O. The van der Waals surface area contributed by atoms with E-state index in [0.717, 1.165) is 28.8 Å². The zero-order valence-electron chi connectivity index (χ0n) is 12.9. The van der Waals surface area contributed by atoms with Crippen molar-refractivity contribution in [1.82, 2.24) is 5.32 Å². The van der Waals surface area contributed by atoms with Gasteiger partial charge in [-0.2, -0.15) is 0 Å². The van der Waals surface area contributed by atoms with Gasteiger partial charge in [0.2, 0.25) is 0 Å². The van der Waals surface area contributed by atoms with Gasteiger partial charge < -0.3 is 20.3 Å². The molecule has 7 heteroatoms. The number of carboxylic acid groups (broad SMARTS) is 2. The molecule has 1 aromatic carbocycles. The summed E-state index contributed by atoms with van der Waals surface area (Å²) in [7, 11) is 0. The van der Waals surface area contributed by atoms with Gasteiger partial charge >= 0.3 is 11.9 Å². The van der Waals surface area contributed by atoms with Crippen molar-refractivity contribution in [3.63, 3.8) is 0 Å². The van der Waals surface area contributed by atoms with E-state index in [1.807, 2.05) is 12.1 Å². The van der Waals surface area contributed by atoms with E-state index in [-0.39, 0.29) is 0 Å². The minimum atomic E-state index is -1.82. The maximum atomic E-state index is 9.10. The molecular weight excluding hydrogens is 354 g/mol. The molecule has 0 aliphatic carbocycles. The predicted molar refractivity (Wildman–Crippen MR) is 87.4 cm³/mol. The van der Waals surface area contributed by atoms with Gasteiger partial charge in [0.05, 0.1) is 0 Å². The van der Waals surface area contributed by atoms with Crippen LogP contribution in [0, 0.1) is 6.92 Å². The lowest BCUT2D eigenvalue weighted by Crippen LogP contribution is -2.29. The molecule has 6 nitrogen and oxygen atoms in total. The van der Waals surface area contributed by atoms with Crippen LogP contribution in [0.1, 0.15) is 25.8 Å². The second-order valence-electron chi connectivity index (χ2n) is 4.63. The third-order valence-electron chi connectivity index (χ3n) is 2.78. The van der Waals surface area contributed by atoms with E-state index in [2.05, 4.69) is 48.1 Å². The third-order valence-corrected chi connectivity index (χ3v) is 3.28. The fraction of sp³-hybridized carbons (Fsp3) is 0.467. The molecule has 0 radical (unpaired) electrons. The molecule has 0 amide bonds. The Morgan fingerprint density at radius 3 is 2.36 bits per heavy atom. The van der Waals surface area contributed by atoms with Gasteiger partial charge in [-0.15, -0.1) is 0 Å². The number of nitrogens with one attached hydrogen (secondary N) is 1. The van der Waals surface area contributed by atoms with Crippen LogP contribution in [0.3, 0.4) is 0 Å². The fourth-order valence-electron chi connectivity index (χ4n) is 1.39. The van der Waals surface area contributed by atoms with Gasteiger partial charge in [0.15, 0.2) is 0 Å². The summed E-state index contributed by atoms with van der Waals surface area (Å²) in [6.07, 6.45) is 1.15. The molecule has 1 atom stereocenters. The van der Waals surface area contributed by atoms with E-state index in [9.17, 15) is 0 Å². The van der Waals surface area contributed by atoms with Crippen molar-refractivity contribution < 1.29 is 24.5 Å². The van der Waals surface area contributed by atoms with Crippen LogP contribution in [-0.2, 0) is 9.59 Å². The minimum absolute atomic E-state index is 0.564. The molecule has 1 aromatic rings. The van der Waals surface area contributed by atoms with Crippen molar-refractivity contribution in [2.45, 2.75) is 33.2 Å². The minimum Gasteiger partial charge on any atom is -0.492 e. The fourth-order valence-corrected chi connectivity index (χ4v) is 1.86. The Bertz CT molecular complexity index is 481. The number of hydrogen-bond donors (Lipinski definition) is 3. The van der Waals surface area contributed by atoms with Crippen LogP contribution in [-0.4, -0.2) is 41.3 Å². The summed E-state index contributed by atoms with van der Waals surface area (Å²) in [6, 6.07) is 6.64. The molecule has 0 aliphatic heterocycles. The van der Waals surface area contributed by atoms with Gasteiger partial charge in [-0.05, 0) is 44.0 Å². The Hall–Kier alpha value is -1.60. The van der Waals surface area contributed by atoms with Gasteiger partial charge in [-0.25, -0.2) is 9.59 Å². The number of benzene rings is 1. The van der Waals surface area contributed by atoms with Gasteiger partial charge in [-0.3, -0.25) is 0 Å². The summed E-state index contributed by atoms with van der Waals surface area (Å²) in [5, 5.41) is 18.2. The van der Waals surface area contributed by atoms with Crippen LogP contribution in [0.5, 0.6) is 5.75 Å². The first-order chi connectivity index (χ1) is 10.3. The molecule has 0 heterocycles. The van der Waals surface area contributed by atoms with E-state index < -0.39 is 11.9 Å². The predicted octanol–water partition coefficient (Wildman–Crippen LogP) is 2.68. The Balaban J connectivity index is 0.000000626. The molecule has 0 bridgehead atoms. The van der Waals surface area contributed by atoms with Crippen molar-refractivity contribution in [3.05, 3.63) is 28.2 Å². The molecule has 3 N–H and O–H groups in total. The molecule has 0 aromatic heterocycles. The summed E-state index contributed by atoms with van der Waals surface area (Å²) in [4.78, 5) is 18.2. The molecule has 0 spiro atoms. The number of rotatable bonds is 6. The quantitative estimate of drug-likeness (QED) is 0.522. The summed E-state index contributed by atoms with van der Waals surface area (Å²) >= 11 is 3.44. The first-order valence-electron chi connectivity index (χ1n) is 6.86. The summed E-state index contributed by atoms with van der Waals surface area (Å²) in [5.41, 5.74) is 1.16. The van der Waals surface area contributed by atoms with Crippen LogP contribution < -0.4 is 10.1 Å². The highest BCUT2D eigenvalue weighted by atomic mass is 79.9.